The van der Waals surface area contributed by atoms with Crippen LogP contribution in [0.25, 0.3) is 0 Å². The van der Waals surface area contributed by atoms with Gasteiger partial charge in [0, 0.05) is 5.92 Å². The van der Waals surface area contributed by atoms with Gasteiger partial charge < -0.3 is 0 Å². The molecule has 3 nitrogen and oxygen atoms in total. The normalized spacial score (nSPS) is 25.5. The first-order chi connectivity index (χ1) is 5.25. The van der Waals surface area contributed by atoms with Gasteiger partial charge in [0.25, 0.3) is 0 Å². The summed E-state index contributed by atoms with van der Waals surface area (Å²) in [5, 5.41) is 9.88. The lowest BCUT2D eigenvalue weighted by molar-refractivity contribution is -0.167. The largest absolute Gasteiger partial charge is 0.286 e. The van der Waals surface area contributed by atoms with Crippen molar-refractivity contribution in [3.8, 4) is 0 Å². The molecule has 0 aliphatic carbocycles. The van der Waals surface area contributed by atoms with Crippen molar-refractivity contribution in [3.63, 3.8) is 0 Å². The first kappa shape index (κ1) is 8.27. The topological polar surface area (TPSA) is 40.5 Å². The molecule has 0 saturated heterocycles. The van der Waals surface area contributed by atoms with E-state index in [1.807, 2.05) is 19.1 Å². The quantitative estimate of drug-likeness (QED) is 0.456. The van der Waals surface area contributed by atoms with Crippen molar-refractivity contribution in [3.05, 3.63) is 12.2 Å². The number of carbonyl (C=O) groups is 1. The maximum atomic E-state index is 11.2. The summed E-state index contributed by atoms with van der Waals surface area (Å²) in [6.07, 6.45) is 5.31. The molecule has 1 atom stereocenters. The van der Waals surface area contributed by atoms with E-state index in [-0.39, 0.29) is 11.8 Å². The van der Waals surface area contributed by atoms with Crippen LogP contribution in [0.15, 0.2) is 12.2 Å². The molecule has 0 aromatic heterocycles. The summed E-state index contributed by atoms with van der Waals surface area (Å²) in [5.41, 5.74) is 0. The van der Waals surface area contributed by atoms with E-state index in [9.17, 15) is 4.79 Å². The van der Waals surface area contributed by atoms with Crippen LogP contribution in [0.1, 0.15) is 19.8 Å². The Hall–Kier alpha value is -0.830. The van der Waals surface area contributed by atoms with Gasteiger partial charge in [-0.15, -0.1) is 0 Å². The molecule has 0 saturated carbocycles. The SMILES string of the molecule is CCC1CC=CCN(O)C1=O. The maximum Gasteiger partial charge on any atom is 0.249 e. The Labute approximate surface area is 66.3 Å². The Morgan fingerprint density at radius 3 is 3.09 bits per heavy atom. The summed E-state index contributed by atoms with van der Waals surface area (Å²) in [6, 6.07) is 0. The predicted molar refractivity (Wildman–Crippen MR) is 41.0 cm³/mol. The van der Waals surface area contributed by atoms with Crippen molar-refractivity contribution in [1.82, 2.24) is 5.06 Å². The first-order valence-electron chi connectivity index (χ1n) is 3.91. The molecule has 3 heteroatoms. The molecule has 0 bridgehead atoms. The lowest BCUT2D eigenvalue weighted by Gasteiger charge is -2.15. The Kier molecular flexibility index (Phi) is 2.65. The van der Waals surface area contributed by atoms with Gasteiger partial charge in [0.15, 0.2) is 0 Å². The highest BCUT2D eigenvalue weighted by molar-refractivity contribution is 5.78. The maximum absolute atomic E-state index is 11.2. The molecule has 0 aromatic carbocycles. The molecule has 1 rings (SSSR count). The molecule has 1 aliphatic rings. The highest BCUT2D eigenvalue weighted by atomic mass is 16.5. The number of carbonyl (C=O) groups excluding carboxylic acids is 1. The second-order valence-corrected chi connectivity index (χ2v) is 2.73. The standard InChI is InChI=1S/C8H13NO2/c1-2-7-5-3-4-6-9(11)8(7)10/h3-4,7,11H,2,5-6H2,1H3. The zero-order valence-electron chi connectivity index (χ0n) is 6.66. The summed E-state index contributed by atoms with van der Waals surface area (Å²) in [5.74, 6) is -0.184. The fourth-order valence-electron chi connectivity index (χ4n) is 1.18. The second kappa shape index (κ2) is 3.53. The molecule has 1 aliphatic heterocycles. The van der Waals surface area contributed by atoms with Gasteiger partial charge in [-0.2, -0.15) is 0 Å². The summed E-state index contributed by atoms with van der Waals surface area (Å²) in [7, 11) is 0. The minimum atomic E-state index is -0.155. The minimum absolute atomic E-state index is 0.0289. The minimum Gasteiger partial charge on any atom is -0.286 e. The molecule has 1 unspecified atom stereocenters. The number of hydroxylamine groups is 2. The number of hydrogen-bond acceptors (Lipinski definition) is 2. The number of amides is 1. The molecule has 0 spiro atoms. The molecule has 0 fully saturated rings. The van der Waals surface area contributed by atoms with Crippen LogP contribution in [0.2, 0.25) is 0 Å². The van der Waals surface area contributed by atoms with Crippen molar-refractivity contribution in [2.24, 2.45) is 5.92 Å². The average Bonchev–Trinajstić information content (AvgIpc) is 2.16. The molecule has 1 amide bonds. The number of hydrogen-bond donors (Lipinski definition) is 1. The van der Waals surface area contributed by atoms with Gasteiger partial charge in [-0.05, 0) is 12.8 Å². The smallest absolute Gasteiger partial charge is 0.249 e. The molecule has 11 heavy (non-hydrogen) atoms. The molecular weight excluding hydrogens is 142 g/mol. The van der Waals surface area contributed by atoms with Crippen LogP contribution in [-0.2, 0) is 4.79 Å². The first-order valence-corrected chi connectivity index (χ1v) is 3.91. The fourth-order valence-corrected chi connectivity index (χ4v) is 1.18. The van der Waals surface area contributed by atoms with Gasteiger partial charge in [-0.1, -0.05) is 19.1 Å². The van der Waals surface area contributed by atoms with Crippen molar-refractivity contribution >= 4 is 5.91 Å². The lowest BCUT2D eigenvalue weighted by Crippen LogP contribution is -2.31. The van der Waals surface area contributed by atoms with E-state index in [1.54, 1.807) is 0 Å². The van der Waals surface area contributed by atoms with E-state index in [1.165, 1.54) is 0 Å². The van der Waals surface area contributed by atoms with Crippen molar-refractivity contribution in [1.29, 1.82) is 0 Å². The van der Waals surface area contributed by atoms with E-state index in [4.69, 9.17) is 5.21 Å². The van der Waals surface area contributed by atoms with Crippen molar-refractivity contribution < 1.29 is 10.0 Å². The van der Waals surface area contributed by atoms with Gasteiger partial charge >= 0.3 is 0 Å². The lowest BCUT2D eigenvalue weighted by atomic mass is 10.0. The third-order valence-electron chi connectivity index (χ3n) is 1.96. The highest BCUT2D eigenvalue weighted by Gasteiger charge is 2.21. The van der Waals surface area contributed by atoms with Crippen molar-refractivity contribution in [2.75, 3.05) is 6.54 Å². The Bertz CT molecular complexity index is 177. The number of allylic oxidation sites excluding steroid dienone is 1. The summed E-state index contributed by atoms with van der Waals surface area (Å²) >= 11 is 0. The van der Waals surface area contributed by atoms with Crippen LogP contribution in [0, 0.1) is 5.92 Å². The predicted octanol–water partition coefficient (Wildman–Crippen LogP) is 1.19. The second-order valence-electron chi connectivity index (χ2n) is 2.73. The fraction of sp³-hybridized carbons (Fsp3) is 0.625. The van der Waals surface area contributed by atoms with Crippen LogP contribution in [0.4, 0.5) is 0 Å². The Balaban J connectivity index is 2.65. The molecule has 0 aromatic rings. The van der Waals surface area contributed by atoms with Crippen LogP contribution in [0.3, 0.4) is 0 Å². The number of nitrogens with zero attached hydrogens (tertiary/aromatic N) is 1. The van der Waals surface area contributed by atoms with Gasteiger partial charge in [-0.25, -0.2) is 5.06 Å². The highest BCUT2D eigenvalue weighted by Crippen LogP contribution is 2.14. The van der Waals surface area contributed by atoms with Gasteiger partial charge in [0.2, 0.25) is 5.91 Å². The average molecular weight is 155 g/mol. The van der Waals surface area contributed by atoms with E-state index < -0.39 is 0 Å². The molecule has 62 valence electrons. The summed E-state index contributed by atoms with van der Waals surface area (Å²) < 4.78 is 0. The zero-order chi connectivity index (χ0) is 8.27. The number of rotatable bonds is 1. The van der Waals surface area contributed by atoms with E-state index in [0.29, 0.717) is 6.54 Å². The summed E-state index contributed by atoms with van der Waals surface area (Å²) in [4.78, 5) is 11.2. The summed E-state index contributed by atoms with van der Waals surface area (Å²) in [6.45, 7) is 2.28. The monoisotopic (exact) mass is 155 g/mol. The van der Waals surface area contributed by atoms with Gasteiger partial charge in [0.05, 0.1) is 6.54 Å². The van der Waals surface area contributed by atoms with Crippen LogP contribution >= 0.6 is 0 Å². The van der Waals surface area contributed by atoms with E-state index >= 15 is 0 Å². The molecule has 1 N–H and O–H groups in total. The molecular formula is C8H13NO2. The van der Waals surface area contributed by atoms with Crippen LogP contribution in [0.5, 0.6) is 0 Å². The Morgan fingerprint density at radius 2 is 2.45 bits per heavy atom. The van der Waals surface area contributed by atoms with Crippen LogP contribution < -0.4 is 0 Å². The van der Waals surface area contributed by atoms with Crippen molar-refractivity contribution in [2.45, 2.75) is 19.8 Å². The van der Waals surface area contributed by atoms with E-state index in [2.05, 4.69) is 0 Å². The van der Waals surface area contributed by atoms with Crippen LogP contribution in [-0.4, -0.2) is 22.7 Å². The zero-order valence-corrected chi connectivity index (χ0v) is 6.66. The Morgan fingerprint density at radius 1 is 1.73 bits per heavy atom. The van der Waals surface area contributed by atoms with Gasteiger partial charge in [0.1, 0.15) is 0 Å². The molecule has 0 radical (unpaired) electrons. The molecule has 1 heterocycles. The third kappa shape index (κ3) is 1.80. The third-order valence-corrected chi connectivity index (χ3v) is 1.96. The van der Waals surface area contributed by atoms with Gasteiger partial charge in [-0.3, -0.25) is 10.0 Å². The van der Waals surface area contributed by atoms with E-state index in [0.717, 1.165) is 17.9 Å².